The van der Waals surface area contributed by atoms with Crippen molar-refractivity contribution in [1.29, 1.82) is 0 Å². The van der Waals surface area contributed by atoms with Crippen molar-refractivity contribution in [3.63, 3.8) is 0 Å². The molecule has 1 aliphatic rings. The van der Waals surface area contributed by atoms with Gasteiger partial charge in [-0.2, -0.15) is 0 Å². The number of anilines is 1. The number of nitrogens with zero attached hydrogens (tertiary/aromatic N) is 1. The number of hydrogen-bond acceptors (Lipinski definition) is 2. The van der Waals surface area contributed by atoms with Gasteiger partial charge in [0.2, 0.25) is 0 Å². The number of rotatable bonds is 5. The molecule has 0 aromatic heterocycles. The SMILES string of the molecule is CCC1CCN(c2ccc(CNC(C)C)cc2C)C1. The monoisotopic (exact) mass is 260 g/mol. The van der Waals surface area contributed by atoms with Gasteiger partial charge in [0.05, 0.1) is 0 Å². The van der Waals surface area contributed by atoms with E-state index in [1.807, 2.05) is 0 Å². The molecule has 106 valence electrons. The van der Waals surface area contributed by atoms with Crippen molar-refractivity contribution in [2.75, 3.05) is 18.0 Å². The molecule has 1 atom stereocenters. The lowest BCUT2D eigenvalue weighted by molar-refractivity contribution is 0.569. The Morgan fingerprint density at radius 2 is 2.16 bits per heavy atom. The maximum atomic E-state index is 3.48. The molecule has 0 aliphatic carbocycles. The maximum Gasteiger partial charge on any atom is 0.0396 e. The van der Waals surface area contributed by atoms with E-state index in [9.17, 15) is 0 Å². The topological polar surface area (TPSA) is 15.3 Å². The van der Waals surface area contributed by atoms with Crippen LogP contribution in [0.2, 0.25) is 0 Å². The Balaban J connectivity index is 2.03. The molecule has 0 spiro atoms. The summed E-state index contributed by atoms with van der Waals surface area (Å²) >= 11 is 0. The van der Waals surface area contributed by atoms with Crippen LogP contribution in [0.3, 0.4) is 0 Å². The van der Waals surface area contributed by atoms with E-state index < -0.39 is 0 Å². The van der Waals surface area contributed by atoms with Crippen molar-refractivity contribution in [1.82, 2.24) is 5.32 Å². The fraction of sp³-hybridized carbons (Fsp3) is 0.647. The van der Waals surface area contributed by atoms with Gasteiger partial charge in [0.1, 0.15) is 0 Å². The molecule has 2 nitrogen and oxygen atoms in total. The summed E-state index contributed by atoms with van der Waals surface area (Å²) in [6, 6.07) is 7.47. The molecule has 1 saturated heterocycles. The average molecular weight is 260 g/mol. The van der Waals surface area contributed by atoms with Crippen LogP contribution >= 0.6 is 0 Å². The van der Waals surface area contributed by atoms with E-state index in [0.717, 1.165) is 12.5 Å². The highest BCUT2D eigenvalue weighted by atomic mass is 15.2. The zero-order chi connectivity index (χ0) is 13.8. The van der Waals surface area contributed by atoms with Crippen LogP contribution in [-0.4, -0.2) is 19.1 Å². The Kier molecular flexibility index (Phi) is 4.87. The summed E-state index contributed by atoms with van der Waals surface area (Å²) in [5, 5.41) is 3.48. The van der Waals surface area contributed by atoms with E-state index in [4.69, 9.17) is 0 Å². The highest BCUT2D eigenvalue weighted by molar-refractivity contribution is 5.55. The summed E-state index contributed by atoms with van der Waals surface area (Å²) < 4.78 is 0. The second kappa shape index (κ2) is 6.42. The Hall–Kier alpha value is -1.02. The third-order valence-electron chi connectivity index (χ3n) is 4.18. The van der Waals surface area contributed by atoms with Gasteiger partial charge >= 0.3 is 0 Å². The van der Waals surface area contributed by atoms with Crippen molar-refractivity contribution in [3.05, 3.63) is 29.3 Å². The first-order valence-electron chi connectivity index (χ1n) is 7.68. The second-order valence-electron chi connectivity index (χ2n) is 6.17. The van der Waals surface area contributed by atoms with E-state index >= 15 is 0 Å². The molecule has 1 unspecified atom stereocenters. The largest absolute Gasteiger partial charge is 0.371 e. The van der Waals surface area contributed by atoms with Crippen LogP contribution in [0.4, 0.5) is 5.69 Å². The van der Waals surface area contributed by atoms with E-state index in [1.54, 1.807) is 0 Å². The summed E-state index contributed by atoms with van der Waals surface area (Å²) in [6.45, 7) is 12.4. The van der Waals surface area contributed by atoms with Crippen molar-refractivity contribution >= 4 is 5.69 Å². The zero-order valence-electron chi connectivity index (χ0n) is 12.9. The lowest BCUT2D eigenvalue weighted by atomic mass is 10.1. The fourth-order valence-corrected chi connectivity index (χ4v) is 2.89. The smallest absolute Gasteiger partial charge is 0.0396 e. The molecular formula is C17H28N2. The molecule has 1 aliphatic heterocycles. The third-order valence-corrected chi connectivity index (χ3v) is 4.18. The molecule has 0 bridgehead atoms. The fourth-order valence-electron chi connectivity index (χ4n) is 2.89. The van der Waals surface area contributed by atoms with Crippen LogP contribution in [0.1, 0.15) is 44.7 Å². The quantitative estimate of drug-likeness (QED) is 0.868. The Morgan fingerprint density at radius 3 is 2.74 bits per heavy atom. The van der Waals surface area contributed by atoms with Gasteiger partial charge < -0.3 is 10.2 Å². The summed E-state index contributed by atoms with van der Waals surface area (Å²) in [5.74, 6) is 0.890. The van der Waals surface area contributed by atoms with Crippen LogP contribution < -0.4 is 10.2 Å². The first-order chi connectivity index (χ1) is 9.10. The molecule has 1 fully saturated rings. The molecular weight excluding hydrogens is 232 g/mol. The van der Waals surface area contributed by atoms with Crippen molar-refractivity contribution in [3.8, 4) is 0 Å². The lowest BCUT2D eigenvalue weighted by Crippen LogP contribution is -2.23. The zero-order valence-corrected chi connectivity index (χ0v) is 12.9. The number of nitrogens with one attached hydrogen (secondary N) is 1. The molecule has 0 amide bonds. The summed E-state index contributed by atoms with van der Waals surface area (Å²) in [7, 11) is 0. The minimum Gasteiger partial charge on any atom is -0.371 e. The summed E-state index contributed by atoms with van der Waals surface area (Å²) in [4.78, 5) is 2.56. The van der Waals surface area contributed by atoms with Crippen LogP contribution in [0.15, 0.2) is 18.2 Å². The van der Waals surface area contributed by atoms with E-state index in [2.05, 4.69) is 56.1 Å². The highest BCUT2D eigenvalue weighted by Crippen LogP contribution is 2.28. The van der Waals surface area contributed by atoms with E-state index in [-0.39, 0.29) is 0 Å². The molecule has 1 N–H and O–H groups in total. The predicted octanol–water partition coefficient (Wildman–Crippen LogP) is 3.73. The molecule has 19 heavy (non-hydrogen) atoms. The minimum atomic E-state index is 0.545. The van der Waals surface area contributed by atoms with Crippen LogP contribution in [0.25, 0.3) is 0 Å². The van der Waals surface area contributed by atoms with Gasteiger partial charge in [0.15, 0.2) is 0 Å². The average Bonchev–Trinajstić information content (AvgIpc) is 2.85. The predicted molar refractivity (Wildman–Crippen MR) is 83.8 cm³/mol. The normalized spacial score (nSPS) is 19.4. The standard InChI is InChI=1S/C17H28N2/c1-5-15-8-9-19(12-15)17-7-6-16(10-14(17)4)11-18-13(2)3/h6-7,10,13,15,18H,5,8-9,11-12H2,1-4H3. The molecule has 0 saturated carbocycles. The molecule has 1 aromatic carbocycles. The van der Waals surface area contributed by atoms with Gasteiger partial charge in [0.25, 0.3) is 0 Å². The molecule has 2 rings (SSSR count). The van der Waals surface area contributed by atoms with Gasteiger partial charge in [-0.1, -0.05) is 39.3 Å². The van der Waals surface area contributed by atoms with Gasteiger partial charge in [-0.3, -0.25) is 0 Å². The second-order valence-corrected chi connectivity index (χ2v) is 6.17. The van der Waals surface area contributed by atoms with E-state index in [1.165, 1.54) is 42.7 Å². The molecule has 0 radical (unpaired) electrons. The number of benzene rings is 1. The maximum absolute atomic E-state index is 3.48. The van der Waals surface area contributed by atoms with Gasteiger partial charge in [-0.25, -0.2) is 0 Å². The highest BCUT2D eigenvalue weighted by Gasteiger charge is 2.22. The van der Waals surface area contributed by atoms with Gasteiger partial charge in [-0.05, 0) is 36.5 Å². The summed E-state index contributed by atoms with van der Waals surface area (Å²) in [6.07, 6.45) is 2.67. The van der Waals surface area contributed by atoms with Gasteiger partial charge in [-0.15, -0.1) is 0 Å². The summed E-state index contributed by atoms with van der Waals surface area (Å²) in [5.41, 5.74) is 4.24. The van der Waals surface area contributed by atoms with Crippen LogP contribution in [0, 0.1) is 12.8 Å². The lowest BCUT2D eigenvalue weighted by Gasteiger charge is -2.21. The molecule has 2 heteroatoms. The van der Waals surface area contributed by atoms with Crippen molar-refractivity contribution < 1.29 is 0 Å². The Bertz CT molecular complexity index is 412. The molecule has 1 aromatic rings. The first-order valence-corrected chi connectivity index (χ1v) is 7.68. The van der Waals surface area contributed by atoms with Gasteiger partial charge in [0, 0.05) is 31.4 Å². The minimum absolute atomic E-state index is 0.545. The van der Waals surface area contributed by atoms with Crippen LogP contribution in [-0.2, 0) is 6.54 Å². The Morgan fingerprint density at radius 1 is 1.37 bits per heavy atom. The molecule has 1 heterocycles. The van der Waals surface area contributed by atoms with E-state index in [0.29, 0.717) is 6.04 Å². The third kappa shape index (κ3) is 3.73. The first kappa shape index (κ1) is 14.4. The van der Waals surface area contributed by atoms with Crippen molar-refractivity contribution in [2.45, 2.75) is 53.1 Å². The number of aryl methyl sites for hydroxylation is 1. The Labute approximate surface area is 118 Å². The van der Waals surface area contributed by atoms with Crippen LogP contribution in [0.5, 0.6) is 0 Å². The number of hydrogen-bond donors (Lipinski definition) is 1. The van der Waals surface area contributed by atoms with Crippen molar-refractivity contribution in [2.24, 2.45) is 5.92 Å².